The lowest BCUT2D eigenvalue weighted by molar-refractivity contribution is -0.120. The lowest BCUT2D eigenvalue weighted by Crippen LogP contribution is -2.37. The highest BCUT2D eigenvalue weighted by Crippen LogP contribution is 2.25. The Morgan fingerprint density at radius 1 is 1.27 bits per heavy atom. The van der Waals surface area contributed by atoms with Crippen molar-refractivity contribution >= 4 is 11.7 Å². The Balaban J connectivity index is 1.78. The van der Waals surface area contributed by atoms with E-state index < -0.39 is 24.1 Å². The van der Waals surface area contributed by atoms with Crippen LogP contribution < -0.4 is 11.0 Å². The highest BCUT2D eigenvalue weighted by molar-refractivity contribution is 6.03. The molecule has 1 fully saturated rings. The van der Waals surface area contributed by atoms with Crippen LogP contribution >= 0.6 is 0 Å². The molecule has 2 aromatic rings. The molecular weight excluding hydrogens is 338 g/mol. The van der Waals surface area contributed by atoms with Crippen LogP contribution in [0.25, 0.3) is 0 Å². The maximum absolute atomic E-state index is 12.4. The number of aliphatic hydroxyl groups excluding tert-OH is 2. The molecule has 0 saturated carbocycles. The van der Waals surface area contributed by atoms with Crippen LogP contribution in [-0.4, -0.2) is 44.5 Å². The molecular formula is C18H21N3O5. The Morgan fingerprint density at radius 3 is 2.73 bits per heavy atom. The Morgan fingerprint density at radius 2 is 2.04 bits per heavy atom. The summed E-state index contributed by atoms with van der Waals surface area (Å²) in [4.78, 5) is 28.3. The molecule has 8 nitrogen and oxygen atoms in total. The number of nitrogens with one attached hydrogen (secondary N) is 1. The summed E-state index contributed by atoms with van der Waals surface area (Å²) in [6.45, 7) is -0.184. The van der Waals surface area contributed by atoms with Crippen LogP contribution in [0.3, 0.4) is 0 Å². The van der Waals surface area contributed by atoms with Gasteiger partial charge in [0.05, 0.1) is 18.8 Å². The van der Waals surface area contributed by atoms with Gasteiger partial charge in [0, 0.05) is 11.8 Å². The molecule has 8 heteroatoms. The lowest BCUT2D eigenvalue weighted by Gasteiger charge is -2.25. The van der Waals surface area contributed by atoms with Crippen molar-refractivity contribution in [1.82, 2.24) is 9.55 Å². The number of aliphatic hydroxyl groups is 2. The molecule has 1 saturated heterocycles. The maximum atomic E-state index is 12.4. The quantitative estimate of drug-likeness (QED) is 0.748. The van der Waals surface area contributed by atoms with Gasteiger partial charge in [-0.2, -0.15) is 4.98 Å². The van der Waals surface area contributed by atoms with Crippen LogP contribution in [0.5, 0.6) is 0 Å². The average Bonchev–Trinajstić information content (AvgIpc) is 2.84. The fraction of sp³-hybridized carbons (Fsp3) is 0.389. The van der Waals surface area contributed by atoms with E-state index in [9.17, 15) is 19.8 Å². The van der Waals surface area contributed by atoms with E-state index in [1.165, 1.54) is 16.8 Å². The number of benzene rings is 1. The molecule has 3 N–H and O–H groups in total. The second-order valence-electron chi connectivity index (χ2n) is 6.15. The van der Waals surface area contributed by atoms with E-state index in [-0.39, 0.29) is 18.3 Å². The van der Waals surface area contributed by atoms with E-state index in [0.29, 0.717) is 24.8 Å². The number of amides is 1. The molecule has 0 spiro atoms. The van der Waals surface area contributed by atoms with Gasteiger partial charge in [-0.05, 0) is 37.5 Å². The number of carbonyl (C=O) groups is 1. The van der Waals surface area contributed by atoms with E-state index in [2.05, 4.69) is 10.3 Å². The van der Waals surface area contributed by atoms with Crippen LogP contribution in [0.4, 0.5) is 5.82 Å². The number of ether oxygens (including phenoxy) is 1. The van der Waals surface area contributed by atoms with E-state index in [1.807, 2.05) is 0 Å². The standard InChI is InChI=1S/C18H21N3O5/c22-11-13-7-4-8-14(23)17(26-13)21-10-9-15(20-18(21)25)19-16(24)12-5-2-1-3-6-12/h1-3,5-6,9-10,13-14,17,22-23H,4,7-8,11H2,(H,19,20,24,25)/t13-,14+,17+/m0/s1. The van der Waals surface area contributed by atoms with Gasteiger partial charge in [0.1, 0.15) is 5.82 Å². The van der Waals surface area contributed by atoms with Crippen molar-refractivity contribution in [3.8, 4) is 0 Å². The minimum absolute atomic E-state index is 0.113. The minimum Gasteiger partial charge on any atom is -0.394 e. The maximum Gasteiger partial charge on any atom is 0.351 e. The van der Waals surface area contributed by atoms with Crippen molar-refractivity contribution in [3.05, 3.63) is 58.6 Å². The molecule has 0 bridgehead atoms. The summed E-state index contributed by atoms with van der Waals surface area (Å²) in [7, 11) is 0. The molecule has 0 aliphatic carbocycles. The Kier molecular flexibility index (Phi) is 5.77. The highest BCUT2D eigenvalue weighted by atomic mass is 16.5. The Bertz CT molecular complexity index is 808. The summed E-state index contributed by atoms with van der Waals surface area (Å²) in [6.07, 6.45) is 0.933. The molecule has 0 radical (unpaired) electrons. The second-order valence-corrected chi connectivity index (χ2v) is 6.15. The number of anilines is 1. The largest absolute Gasteiger partial charge is 0.394 e. The molecule has 2 heterocycles. The average molecular weight is 359 g/mol. The minimum atomic E-state index is -0.923. The first-order valence-electron chi connectivity index (χ1n) is 8.48. The highest BCUT2D eigenvalue weighted by Gasteiger charge is 2.29. The summed E-state index contributed by atoms with van der Waals surface area (Å²) >= 11 is 0. The van der Waals surface area contributed by atoms with Crippen molar-refractivity contribution < 1.29 is 19.7 Å². The van der Waals surface area contributed by atoms with Crippen LogP contribution in [-0.2, 0) is 4.74 Å². The normalized spacial score (nSPS) is 23.2. The number of hydrogen-bond donors (Lipinski definition) is 3. The molecule has 1 aliphatic rings. The molecule has 1 aromatic heterocycles. The Hall–Kier alpha value is -2.55. The summed E-state index contributed by atoms with van der Waals surface area (Å²) in [5.41, 5.74) is -0.203. The molecule has 26 heavy (non-hydrogen) atoms. The van der Waals surface area contributed by atoms with Crippen molar-refractivity contribution in [2.24, 2.45) is 0 Å². The summed E-state index contributed by atoms with van der Waals surface area (Å²) in [6, 6.07) is 10.1. The smallest absolute Gasteiger partial charge is 0.351 e. The second kappa shape index (κ2) is 8.22. The first kappa shape index (κ1) is 18.2. The van der Waals surface area contributed by atoms with Gasteiger partial charge < -0.3 is 20.3 Å². The predicted molar refractivity (Wildman–Crippen MR) is 93.7 cm³/mol. The van der Waals surface area contributed by atoms with Gasteiger partial charge in [0.15, 0.2) is 6.23 Å². The van der Waals surface area contributed by atoms with Crippen LogP contribution in [0.2, 0.25) is 0 Å². The number of aromatic nitrogens is 2. The topological polar surface area (TPSA) is 114 Å². The van der Waals surface area contributed by atoms with E-state index >= 15 is 0 Å². The third-order valence-electron chi connectivity index (χ3n) is 4.27. The number of rotatable bonds is 4. The summed E-state index contributed by atoms with van der Waals surface area (Å²) < 4.78 is 6.84. The molecule has 1 aliphatic heterocycles. The number of carbonyl (C=O) groups excluding carboxylic acids is 1. The van der Waals surface area contributed by atoms with E-state index in [4.69, 9.17) is 4.74 Å². The molecule has 3 rings (SSSR count). The van der Waals surface area contributed by atoms with Gasteiger partial charge >= 0.3 is 5.69 Å². The van der Waals surface area contributed by atoms with Gasteiger partial charge in [-0.25, -0.2) is 4.79 Å². The Labute approximate surface area is 150 Å². The first-order chi connectivity index (χ1) is 12.6. The van der Waals surface area contributed by atoms with E-state index in [1.54, 1.807) is 30.3 Å². The third kappa shape index (κ3) is 4.16. The van der Waals surface area contributed by atoms with Gasteiger partial charge in [-0.3, -0.25) is 9.36 Å². The first-order valence-corrected chi connectivity index (χ1v) is 8.48. The zero-order valence-corrected chi connectivity index (χ0v) is 14.1. The van der Waals surface area contributed by atoms with Gasteiger partial charge in [0.2, 0.25) is 0 Å². The monoisotopic (exact) mass is 359 g/mol. The molecule has 1 amide bonds. The fourth-order valence-electron chi connectivity index (χ4n) is 2.89. The molecule has 0 unspecified atom stereocenters. The predicted octanol–water partition coefficient (Wildman–Crippen LogP) is 0.916. The summed E-state index contributed by atoms with van der Waals surface area (Å²) in [5, 5.41) is 22.1. The van der Waals surface area contributed by atoms with Crippen LogP contribution in [0, 0.1) is 0 Å². The van der Waals surface area contributed by atoms with Crippen molar-refractivity contribution in [1.29, 1.82) is 0 Å². The molecule has 3 atom stereocenters. The zero-order valence-electron chi connectivity index (χ0n) is 14.1. The van der Waals surface area contributed by atoms with Gasteiger partial charge in [0.25, 0.3) is 5.91 Å². The van der Waals surface area contributed by atoms with Gasteiger partial charge in [-0.1, -0.05) is 18.2 Å². The van der Waals surface area contributed by atoms with Crippen LogP contribution in [0.1, 0.15) is 35.8 Å². The van der Waals surface area contributed by atoms with Crippen molar-refractivity contribution in [2.45, 2.75) is 37.7 Å². The lowest BCUT2D eigenvalue weighted by atomic mass is 10.1. The fourth-order valence-corrected chi connectivity index (χ4v) is 2.89. The van der Waals surface area contributed by atoms with E-state index in [0.717, 1.165) is 0 Å². The van der Waals surface area contributed by atoms with Crippen LogP contribution in [0.15, 0.2) is 47.4 Å². The third-order valence-corrected chi connectivity index (χ3v) is 4.27. The molecule has 138 valence electrons. The number of nitrogens with zero attached hydrogens (tertiary/aromatic N) is 2. The van der Waals surface area contributed by atoms with Gasteiger partial charge in [-0.15, -0.1) is 0 Å². The molecule has 1 aromatic carbocycles. The SMILES string of the molecule is O=C(Nc1ccn([C@@H]2O[C@H](CO)CCC[C@H]2O)c(=O)n1)c1ccccc1. The van der Waals surface area contributed by atoms with Crippen molar-refractivity contribution in [2.75, 3.05) is 11.9 Å². The van der Waals surface area contributed by atoms with Crippen molar-refractivity contribution in [3.63, 3.8) is 0 Å². The zero-order chi connectivity index (χ0) is 18.5. The summed E-state index contributed by atoms with van der Waals surface area (Å²) in [5.74, 6) is -0.261. The number of hydrogen-bond acceptors (Lipinski definition) is 6.